The quantitative estimate of drug-likeness (QED) is 0.827. The molecule has 0 bridgehead atoms. The van der Waals surface area contributed by atoms with Crippen LogP contribution in [0.4, 0.5) is 5.95 Å². The summed E-state index contributed by atoms with van der Waals surface area (Å²) in [7, 11) is 0. The molecule has 2 heterocycles. The van der Waals surface area contributed by atoms with Gasteiger partial charge in [-0.25, -0.2) is 0 Å². The monoisotopic (exact) mass is 273 g/mol. The maximum atomic E-state index is 5.60. The highest BCUT2D eigenvalue weighted by Crippen LogP contribution is 2.16. The zero-order chi connectivity index (χ0) is 13.8. The molecule has 0 amide bonds. The fourth-order valence-electron chi connectivity index (χ4n) is 2.47. The third kappa shape index (κ3) is 2.63. The number of aromatic nitrogens is 4. The van der Waals surface area contributed by atoms with Crippen LogP contribution in [-0.4, -0.2) is 64.4 Å². The minimum Gasteiger partial charge on any atom is -0.337 e. The number of hydrogen-bond donors (Lipinski definition) is 1. The highest BCUT2D eigenvalue weighted by molar-refractivity contribution is 5.40. The van der Waals surface area contributed by atoms with E-state index in [0.717, 1.165) is 44.4 Å². The van der Waals surface area contributed by atoms with E-state index in [4.69, 9.17) is 5.73 Å². The molecule has 0 unspecified atom stereocenters. The van der Waals surface area contributed by atoms with Crippen LogP contribution in [-0.2, 0) is 0 Å². The Bertz CT molecular complexity index is 531. The van der Waals surface area contributed by atoms with Crippen LogP contribution >= 0.6 is 0 Å². The van der Waals surface area contributed by atoms with Gasteiger partial charge in [0.2, 0.25) is 5.95 Å². The largest absolute Gasteiger partial charge is 0.337 e. The maximum Gasteiger partial charge on any atom is 0.250 e. The topological polar surface area (TPSA) is 76.1 Å². The van der Waals surface area contributed by atoms with Crippen LogP contribution < -0.4 is 10.6 Å². The van der Waals surface area contributed by atoms with E-state index in [1.54, 1.807) is 4.68 Å². The van der Waals surface area contributed by atoms with Crippen LogP contribution in [0.3, 0.4) is 0 Å². The van der Waals surface area contributed by atoms with E-state index in [1.807, 2.05) is 30.3 Å². The third-order valence-electron chi connectivity index (χ3n) is 3.55. The second-order valence-corrected chi connectivity index (χ2v) is 4.84. The van der Waals surface area contributed by atoms with Gasteiger partial charge in [0.25, 0.3) is 0 Å². The number of piperazine rings is 1. The molecule has 1 aromatic carbocycles. The average Bonchev–Trinajstić information content (AvgIpc) is 2.99. The number of anilines is 1. The Morgan fingerprint density at radius 1 is 1.05 bits per heavy atom. The molecular formula is C13H19N7. The van der Waals surface area contributed by atoms with Gasteiger partial charge in [0, 0.05) is 39.3 Å². The zero-order valence-corrected chi connectivity index (χ0v) is 11.4. The molecule has 2 N–H and O–H groups in total. The van der Waals surface area contributed by atoms with E-state index in [1.165, 1.54) is 0 Å². The van der Waals surface area contributed by atoms with Gasteiger partial charge in [-0.15, -0.1) is 0 Å². The number of hydrogen-bond acceptors (Lipinski definition) is 6. The Hall–Kier alpha value is -1.99. The summed E-state index contributed by atoms with van der Waals surface area (Å²) in [5, 5.41) is 12.1. The number of nitrogens with two attached hydrogens (primary N) is 1. The molecule has 0 radical (unpaired) electrons. The van der Waals surface area contributed by atoms with E-state index in [9.17, 15) is 0 Å². The summed E-state index contributed by atoms with van der Waals surface area (Å²) in [6.45, 7) is 5.51. The fourth-order valence-corrected chi connectivity index (χ4v) is 2.47. The summed E-state index contributed by atoms with van der Waals surface area (Å²) in [4.78, 5) is 4.59. The van der Waals surface area contributed by atoms with Crippen molar-refractivity contribution in [2.75, 3.05) is 44.2 Å². The van der Waals surface area contributed by atoms with Crippen molar-refractivity contribution in [1.82, 2.24) is 25.1 Å². The summed E-state index contributed by atoms with van der Waals surface area (Å²) in [5.74, 6) is 0.809. The van der Waals surface area contributed by atoms with Crippen LogP contribution in [0.2, 0.25) is 0 Å². The van der Waals surface area contributed by atoms with Gasteiger partial charge in [-0.1, -0.05) is 23.3 Å². The van der Waals surface area contributed by atoms with E-state index in [0.29, 0.717) is 6.54 Å². The molecule has 1 saturated heterocycles. The molecule has 1 aromatic heterocycles. The van der Waals surface area contributed by atoms with E-state index >= 15 is 0 Å². The summed E-state index contributed by atoms with van der Waals surface area (Å²) in [6, 6.07) is 9.97. The van der Waals surface area contributed by atoms with Crippen molar-refractivity contribution in [1.29, 1.82) is 0 Å². The maximum absolute atomic E-state index is 5.60. The highest BCUT2D eigenvalue weighted by atomic mass is 15.6. The van der Waals surface area contributed by atoms with Gasteiger partial charge in [0.05, 0.1) is 5.69 Å². The van der Waals surface area contributed by atoms with Crippen molar-refractivity contribution in [3.8, 4) is 5.69 Å². The van der Waals surface area contributed by atoms with Crippen LogP contribution in [0, 0.1) is 0 Å². The van der Waals surface area contributed by atoms with Gasteiger partial charge in [0.1, 0.15) is 0 Å². The normalized spacial score (nSPS) is 16.6. The smallest absolute Gasteiger partial charge is 0.250 e. The first-order chi connectivity index (χ1) is 9.88. The predicted octanol–water partition coefficient (Wildman–Crippen LogP) is -0.257. The Kier molecular flexibility index (Phi) is 3.89. The molecule has 0 atom stereocenters. The SMILES string of the molecule is NCCN1CCN(c2nnnn2-c2ccccc2)CC1. The second-order valence-electron chi connectivity index (χ2n) is 4.84. The molecular weight excluding hydrogens is 254 g/mol. The van der Waals surface area contributed by atoms with E-state index < -0.39 is 0 Å². The first-order valence-electron chi connectivity index (χ1n) is 6.89. The van der Waals surface area contributed by atoms with Crippen molar-refractivity contribution in [2.45, 2.75) is 0 Å². The summed E-state index contributed by atoms with van der Waals surface area (Å²) < 4.78 is 1.79. The molecule has 1 aliphatic rings. The number of nitrogens with zero attached hydrogens (tertiary/aromatic N) is 6. The average molecular weight is 273 g/mol. The van der Waals surface area contributed by atoms with E-state index in [2.05, 4.69) is 25.3 Å². The first-order valence-corrected chi connectivity index (χ1v) is 6.89. The summed E-state index contributed by atoms with van der Waals surface area (Å²) in [5.41, 5.74) is 6.58. The van der Waals surface area contributed by atoms with Crippen molar-refractivity contribution in [2.24, 2.45) is 5.73 Å². The lowest BCUT2D eigenvalue weighted by Gasteiger charge is -2.34. The van der Waals surface area contributed by atoms with Crippen molar-refractivity contribution >= 4 is 5.95 Å². The molecule has 2 aromatic rings. The Morgan fingerprint density at radius 3 is 2.50 bits per heavy atom. The zero-order valence-electron chi connectivity index (χ0n) is 11.4. The highest BCUT2D eigenvalue weighted by Gasteiger charge is 2.21. The van der Waals surface area contributed by atoms with Gasteiger partial charge in [-0.3, -0.25) is 4.90 Å². The molecule has 1 fully saturated rings. The second kappa shape index (κ2) is 5.98. The molecule has 0 saturated carbocycles. The molecule has 7 heteroatoms. The van der Waals surface area contributed by atoms with Crippen LogP contribution in [0.5, 0.6) is 0 Å². The summed E-state index contributed by atoms with van der Waals surface area (Å²) in [6.07, 6.45) is 0. The molecule has 106 valence electrons. The third-order valence-corrected chi connectivity index (χ3v) is 3.55. The van der Waals surface area contributed by atoms with Crippen LogP contribution in [0.1, 0.15) is 0 Å². The van der Waals surface area contributed by atoms with Gasteiger partial charge < -0.3 is 10.6 Å². The lowest BCUT2D eigenvalue weighted by atomic mass is 10.3. The number of para-hydroxylation sites is 1. The fraction of sp³-hybridized carbons (Fsp3) is 0.462. The molecule has 3 rings (SSSR count). The minimum absolute atomic E-state index is 0.710. The molecule has 0 aliphatic carbocycles. The van der Waals surface area contributed by atoms with Gasteiger partial charge >= 0.3 is 0 Å². The van der Waals surface area contributed by atoms with Crippen LogP contribution in [0.15, 0.2) is 30.3 Å². The van der Waals surface area contributed by atoms with Crippen molar-refractivity contribution in [3.63, 3.8) is 0 Å². The Labute approximate surface area is 118 Å². The standard InChI is InChI=1S/C13H19N7/c14-6-7-18-8-10-19(11-9-18)13-15-16-17-20(13)12-4-2-1-3-5-12/h1-5H,6-11,14H2. The predicted molar refractivity (Wildman–Crippen MR) is 76.9 cm³/mol. The lowest BCUT2D eigenvalue weighted by Crippen LogP contribution is -2.48. The minimum atomic E-state index is 0.710. The summed E-state index contributed by atoms with van der Waals surface area (Å²) >= 11 is 0. The number of benzene rings is 1. The van der Waals surface area contributed by atoms with Crippen molar-refractivity contribution < 1.29 is 0 Å². The number of tetrazole rings is 1. The van der Waals surface area contributed by atoms with Crippen LogP contribution in [0.25, 0.3) is 5.69 Å². The molecule has 1 aliphatic heterocycles. The van der Waals surface area contributed by atoms with Crippen molar-refractivity contribution in [3.05, 3.63) is 30.3 Å². The molecule has 7 nitrogen and oxygen atoms in total. The van der Waals surface area contributed by atoms with Gasteiger partial charge in [-0.2, -0.15) is 4.68 Å². The molecule has 0 spiro atoms. The van der Waals surface area contributed by atoms with Gasteiger partial charge in [-0.05, 0) is 22.6 Å². The lowest BCUT2D eigenvalue weighted by molar-refractivity contribution is 0.263. The Morgan fingerprint density at radius 2 is 1.80 bits per heavy atom. The molecule has 20 heavy (non-hydrogen) atoms. The number of rotatable bonds is 4. The Balaban J connectivity index is 1.75. The van der Waals surface area contributed by atoms with Gasteiger partial charge in [0.15, 0.2) is 0 Å². The first kappa shape index (κ1) is 13.0. The van der Waals surface area contributed by atoms with E-state index in [-0.39, 0.29) is 0 Å².